The fraction of sp³-hybridized carbons (Fsp3) is 0.567. The van der Waals surface area contributed by atoms with Gasteiger partial charge in [-0.15, -0.1) is 0 Å². The molecule has 1 aliphatic rings. The molecule has 36 heavy (non-hydrogen) atoms. The monoisotopic (exact) mass is 526 g/mol. The minimum Gasteiger partial charge on any atom is -0.467 e. The number of carbonyl (C=O) groups is 1. The molecule has 2 aromatic rings. The van der Waals surface area contributed by atoms with Gasteiger partial charge in [0.1, 0.15) is 0 Å². The first-order valence-corrected chi connectivity index (χ1v) is 19.2. The number of hydrogen-bond donors (Lipinski definition) is 0. The van der Waals surface area contributed by atoms with E-state index in [1.54, 1.807) is 0 Å². The van der Waals surface area contributed by atoms with Crippen molar-refractivity contribution >= 4 is 27.5 Å². The van der Waals surface area contributed by atoms with Crippen LogP contribution in [0.5, 0.6) is 0 Å². The molecular formula is C30H46O4Si2. The lowest BCUT2D eigenvalue weighted by atomic mass is 9.98. The van der Waals surface area contributed by atoms with Crippen LogP contribution in [0.1, 0.15) is 46.1 Å². The van der Waals surface area contributed by atoms with E-state index < -0.39 is 22.0 Å². The zero-order valence-corrected chi connectivity index (χ0v) is 25.8. The van der Waals surface area contributed by atoms with E-state index in [9.17, 15) is 4.79 Å². The van der Waals surface area contributed by atoms with Gasteiger partial charge in [0, 0.05) is 0 Å². The van der Waals surface area contributed by atoms with Crippen LogP contribution in [0, 0.1) is 0 Å². The summed E-state index contributed by atoms with van der Waals surface area (Å²) in [5.41, 5.74) is 0.547. The standard InChI is InChI=1S/C30H46O4Si2/c1-29(2,3)36(8,9)34-25(21-20-23-16-12-10-13-17-23)27-26(22-30(4,33-27)28(31)32-5)35(6,7)24-18-14-11-15-19-24/h10-19,25-27H,20-22H2,1-9H3/t25-,26-,27+,30-/m1/s1. The van der Waals surface area contributed by atoms with E-state index in [1.807, 2.05) is 6.92 Å². The van der Waals surface area contributed by atoms with Crippen molar-refractivity contribution in [2.45, 2.75) is 102 Å². The molecule has 0 N–H and O–H groups in total. The van der Waals surface area contributed by atoms with Crippen molar-refractivity contribution in [3.8, 4) is 0 Å². The summed E-state index contributed by atoms with van der Waals surface area (Å²) in [7, 11) is -2.69. The normalized spacial score (nSPS) is 23.9. The SMILES string of the molecule is COC(=O)[C@@]1(C)C[C@@H]([Si](C)(C)c2ccccc2)[C@H]([C@@H](CCc2ccccc2)O[Si](C)(C)C(C)(C)C)O1. The topological polar surface area (TPSA) is 44.8 Å². The summed E-state index contributed by atoms with van der Waals surface area (Å²) in [5.74, 6) is -0.290. The van der Waals surface area contributed by atoms with Gasteiger partial charge in [0.15, 0.2) is 13.9 Å². The summed E-state index contributed by atoms with van der Waals surface area (Å²) in [6.45, 7) is 18.2. The summed E-state index contributed by atoms with van der Waals surface area (Å²) < 4.78 is 19.2. The van der Waals surface area contributed by atoms with Crippen molar-refractivity contribution in [2.24, 2.45) is 0 Å². The largest absolute Gasteiger partial charge is 0.467 e. The Morgan fingerprint density at radius 3 is 2.11 bits per heavy atom. The molecule has 0 unspecified atom stereocenters. The first-order valence-electron chi connectivity index (χ1n) is 13.2. The van der Waals surface area contributed by atoms with Crippen LogP contribution in [0.25, 0.3) is 0 Å². The molecule has 1 aliphatic heterocycles. The summed E-state index contributed by atoms with van der Waals surface area (Å²) in [6, 6.07) is 21.4. The van der Waals surface area contributed by atoms with Gasteiger partial charge < -0.3 is 13.9 Å². The summed E-state index contributed by atoms with van der Waals surface area (Å²) >= 11 is 0. The number of ether oxygens (including phenoxy) is 2. The second kappa shape index (κ2) is 10.9. The van der Waals surface area contributed by atoms with Gasteiger partial charge in [-0.05, 0) is 55.4 Å². The Morgan fingerprint density at radius 1 is 1.03 bits per heavy atom. The number of methoxy groups -OCH3 is 1. The molecule has 4 atom stereocenters. The summed E-state index contributed by atoms with van der Waals surface area (Å²) in [6.07, 6.45) is 2.15. The lowest BCUT2D eigenvalue weighted by molar-refractivity contribution is -0.169. The highest BCUT2D eigenvalue weighted by Gasteiger charge is 2.57. The van der Waals surface area contributed by atoms with Crippen molar-refractivity contribution in [1.82, 2.24) is 0 Å². The van der Waals surface area contributed by atoms with E-state index >= 15 is 0 Å². The molecule has 0 radical (unpaired) electrons. The van der Waals surface area contributed by atoms with E-state index in [0.717, 1.165) is 12.8 Å². The van der Waals surface area contributed by atoms with E-state index in [-0.39, 0.29) is 28.8 Å². The lowest BCUT2D eigenvalue weighted by Crippen LogP contribution is -2.54. The molecule has 0 bridgehead atoms. The van der Waals surface area contributed by atoms with E-state index in [2.05, 4.69) is 108 Å². The molecule has 1 saturated heterocycles. The van der Waals surface area contributed by atoms with E-state index in [4.69, 9.17) is 13.9 Å². The minimum atomic E-state index is -2.10. The Morgan fingerprint density at radius 2 is 1.58 bits per heavy atom. The molecule has 6 heteroatoms. The van der Waals surface area contributed by atoms with Crippen LogP contribution in [0.15, 0.2) is 60.7 Å². The van der Waals surface area contributed by atoms with E-state index in [0.29, 0.717) is 6.42 Å². The second-order valence-corrected chi connectivity index (χ2v) is 22.2. The number of hydrogen-bond acceptors (Lipinski definition) is 4. The maximum absolute atomic E-state index is 13.0. The van der Waals surface area contributed by atoms with Gasteiger partial charge in [0.25, 0.3) is 0 Å². The zero-order valence-electron chi connectivity index (χ0n) is 23.8. The smallest absolute Gasteiger partial charge is 0.337 e. The third-order valence-corrected chi connectivity index (χ3v) is 17.4. The zero-order chi connectivity index (χ0) is 26.8. The molecule has 1 fully saturated rings. The van der Waals surface area contributed by atoms with Crippen LogP contribution >= 0.6 is 0 Å². The molecule has 0 aliphatic carbocycles. The van der Waals surface area contributed by atoms with Gasteiger partial charge in [-0.1, -0.05) is 99.7 Å². The van der Waals surface area contributed by atoms with Crippen molar-refractivity contribution in [3.05, 3.63) is 66.2 Å². The fourth-order valence-corrected chi connectivity index (χ4v) is 10.0. The molecular weight excluding hydrogens is 480 g/mol. The molecule has 0 spiro atoms. The third kappa shape index (κ3) is 6.21. The van der Waals surface area contributed by atoms with E-state index in [1.165, 1.54) is 17.9 Å². The van der Waals surface area contributed by atoms with Gasteiger partial charge in [0.05, 0.1) is 27.4 Å². The number of carbonyl (C=O) groups excluding carboxylic acids is 1. The molecule has 0 amide bonds. The number of benzene rings is 2. The minimum absolute atomic E-state index is 0.0735. The highest BCUT2D eigenvalue weighted by molar-refractivity contribution is 6.91. The van der Waals surface area contributed by atoms with Gasteiger partial charge >= 0.3 is 5.97 Å². The van der Waals surface area contributed by atoms with Crippen LogP contribution in [0.2, 0.25) is 36.8 Å². The molecule has 3 rings (SSSR count). The first-order chi connectivity index (χ1) is 16.7. The molecule has 198 valence electrons. The Bertz CT molecular complexity index is 1000. The molecule has 0 aromatic heterocycles. The van der Waals surface area contributed by atoms with Crippen LogP contribution in [-0.2, 0) is 25.1 Å². The Balaban J connectivity index is 2.04. The van der Waals surface area contributed by atoms with Crippen molar-refractivity contribution < 1.29 is 18.7 Å². The van der Waals surface area contributed by atoms with Gasteiger partial charge in [0.2, 0.25) is 0 Å². The van der Waals surface area contributed by atoms with Gasteiger partial charge in [-0.3, -0.25) is 0 Å². The van der Waals surface area contributed by atoms with Crippen LogP contribution in [-0.4, -0.2) is 47.3 Å². The van der Waals surface area contributed by atoms with Gasteiger partial charge in [-0.2, -0.15) is 0 Å². The molecule has 1 heterocycles. The van der Waals surface area contributed by atoms with Crippen molar-refractivity contribution in [2.75, 3.05) is 7.11 Å². The Kier molecular flexibility index (Phi) is 8.76. The molecule has 2 aromatic carbocycles. The van der Waals surface area contributed by atoms with Crippen LogP contribution < -0.4 is 5.19 Å². The number of aryl methyl sites for hydroxylation is 1. The quantitative estimate of drug-likeness (QED) is 0.269. The predicted molar refractivity (Wildman–Crippen MR) is 154 cm³/mol. The number of esters is 1. The average molecular weight is 527 g/mol. The third-order valence-electron chi connectivity index (χ3n) is 8.64. The summed E-state index contributed by atoms with van der Waals surface area (Å²) in [5, 5.41) is 1.45. The van der Waals surface area contributed by atoms with Crippen LogP contribution in [0.3, 0.4) is 0 Å². The van der Waals surface area contributed by atoms with Crippen molar-refractivity contribution in [3.63, 3.8) is 0 Å². The predicted octanol–water partition coefficient (Wildman–Crippen LogP) is 6.72. The van der Waals surface area contributed by atoms with Crippen molar-refractivity contribution in [1.29, 1.82) is 0 Å². The number of rotatable bonds is 9. The Hall–Kier alpha value is -1.74. The maximum atomic E-state index is 13.0. The van der Waals surface area contributed by atoms with Gasteiger partial charge in [-0.25, -0.2) is 4.79 Å². The lowest BCUT2D eigenvalue weighted by Gasteiger charge is -2.43. The summed E-state index contributed by atoms with van der Waals surface area (Å²) in [4.78, 5) is 13.0. The Labute approximate surface area is 220 Å². The first kappa shape index (κ1) is 28.8. The highest BCUT2D eigenvalue weighted by atomic mass is 28.4. The van der Waals surface area contributed by atoms with Crippen LogP contribution in [0.4, 0.5) is 0 Å². The average Bonchev–Trinajstić information content (AvgIpc) is 3.21. The molecule has 0 saturated carbocycles. The highest BCUT2D eigenvalue weighted by Crippen LogP contribution is 2.49. The second-order valence-electron chi connectivity index (χ2n) is 12.6. The molecule has 4 nitrogen and oxygen atoms in total. The maximum Gasteiger partial charge on any atom is 0.337 e. The fourth-order valence-electron chi connectivity index (χ4n) is 5.20.